The Labute approximate surface area is 98.9 Å². The van der Waals surface area contributed by atoms with E-state index in [0.29, 0.717) is 6.54 Å². The summed E-state index contributed by atoms with van der Waals surface area (Å²) in [5.41, 5.74) is 1.83. The van der Waals surface area contributed by atoms with Gasteiger partial charge in [0.15, 0.2) is 0 Å². The van der Waals surface area contributed by atoms with Crippen LogP contribution in [0.25, 0.3) is 0 Å². The lowest BCUT2D eigenvalue weighted by molar-refractivity contribution is 0.475. The molecule has 4 heteroatoms. The Balaban J connectivity index is 1.85. The number of nitrogens with one attached hydrogen (secondary N) is 1. The molecule has 0 aliphatic heterocycles. The normalized spacial score (nSPS) is 10.2. The molecule has 0 radical (unpaired) electrons. The molecule has 0 aliphatic rings. The number of phenolic OH excluding ortho intramolecular Hbond substituents is 1. The van der Waals surface area contributed by atoms with Crippen molar-refractivity contribution in [1.29, 1.82) is 0 Å². The molecule has 88 valence electrons. The number of nitrogens with zero attached hydrogens (tertiary/aromatic N) is 1. The summed E-state index contributed by atoms with van der Waals surface area (Å²) in [6, 6.07) is 10.1. The Hall–Kier alpha value is -2.10. The molecule has 17 heavy (non-hydrogen) atoms. The highest BCUT2D eigenvalue weighted by atomic mass is 19.1. The van der Waals surface area contributed by atoms with Gasteiger partial charge in [-0.25, -0.2) is 4.98 Å². The number of halogens is 1. The van der Waals surface area contributed by atoms with Gasteiger partial charge in [0.25, 0.3) is 0 Å². The van der Waals surface area contributed by atoms with Crippen LogP contribution in [0.5, 0.6) is 5.75 Å². The van der Waals surface area contributed by atoms with Crippen molar-refractivity contribution >= 4 is 5.69 Å². The van der Waals surface area contributed by atoms with Crippen molar-refractivity contribution in [3.8, 4) is 5.75 Å². The van der Waals surface area contributed by atoms with Gasteiger partial charge in [0.2, 0.25) is 5.95 Å². The van der Waals surface area contributed by atoms with Crippen LogP contribution < -0.4 is 5.32 Å². The van der Waals surface area contributed by atoms with Crippen molar-refractivity contribution in [2.24, 2.45) is 0 Å². The monoisotopic (exact) mass is 232 g/mol. The second-order valence-corrected chi connectivity index (χ2v) is 3.71. The largest absolute Gasteiger partial charge is 0.508 e. The van der Waals surface area contributed by atoms with Crippen LogP contribution in [0.4, 0.5) is 10.1 Å². The Morgan fingerprint density at radius 1 is 1.18 bits per heavy atom. The number of aromatic hydroxyl groups is 1. The smallest absolute Gasteiger partial charge is 0.214 e. The number of aromatic nitrogens is 1. The fraction of sp³-hybridized carbons (Fsp3) is 0.154. The summed E-state index contributed by atoms with van der Waals surface area (Å²) in [5.74, 6) is -0.224. The molecule has 1 aromatic carbocycles. The van der Waals surface area contributed by atoms with Gasteiger partial charge in [-0.2, -0.15) is 4.39 Å². The SMILES string of the molecule is Oc1ccc(CCNc2ccnc(F)c2)cc1. The van der Waals surface area contributed by atoms with Gasteiger partial charge in [-0.15, -0.1) is 0 Å². The molecule has 0 aliphatic carbocycles. The van der Waals surface area contributed by atoms with Crippen molar-refractivity contribution in [3.63, 3.8) is 0 Å². The molecule has 0 atom stereocenters. The van der Waals surface area contributed by atoms with Gasteiger partial charge >= 0.3 is 0 Å². The lowest BCUT2D eigenvalue weighted by Crippen LogP contribution is -2.05. The molecule has 3 nitrogen and oxygen atoms in total. The minimum absolute atomic E-state index is 0.262. The summed E-state index contributed by atoms with van der Waals surface area (Å²) < 4.78 is 12.8. The fourth-order valence-electron chi connectivity index (χ4n) is 1.53. The van der Waals surface area contributed by atoms with E-state index in [1.165, 1.54) is 12.3 Å². The topological polar surface area (TPSA) is 45.1 Å². The van der Waals surface area contributed by atoms with Crippen LogP contribution in [0.1, 0.15) is 5.56 Å². The maximum atomic E-state index is 12.8. The fourth-order valence-corrected chi connectivity index (χ4v) is 1.53. The van der Waals surface area contributed by atoms with Crippen LogP contribution in [-0.4, -0.2) is 16.6 Å². The third-order valence-electron chi connectivity index (χ3n) is 2.41. The van der Waals surface area contributed by atoms with E-state index < -0.39 is 5.95 Å². The summed E-state index contributed by atoms with van der Waals surface area (Å²) in [4.78, 5) is 3.48. The first-order chi connectivity index (χ1) is 8.24. The van der Waals surface area contributed by atoms with Gasteiger partial charge in [0.1, 0.15) is 5.75 Å². The van der Waals surface area contributed by atoms with Crippen molar-refractivity contribution in [2.75, 3.05) is 11.9 Å². The number of rotatable bonds is 4. The van der Waals surface area contributed by atoms with E-state index in [1.807, 2.05) is 12.1 Å². The van der Waals surface area contributed by atoms with Crippen molar-refractivity contribution < 1.29 is 9.50 Å². The van der Waals surface area contributed by atoms with Gasteiger partial charge in [-0.1, -0.05) is 12.1 Å². The van der Waals surface area contributed by atoms with Gasteiger partial charge in [-0.05, 0) is 30.2 Å². The highest BCUT2D eigenvalue weighted by molar-refractivity contribution is 5.41. The molecule has 0 unspecified atom stereocenters. The first kappa shape index (κ1) is 11.4. The highest BCUT2D eigenvalue weighted by Crippen LogP contribution is 2.11. The van der Waals surface area contributed by atoms with Crippen molar-refractivity contribution in [2.45, 2.75) is 6.42 Å². The molecule has 2 N–H and O–H groups in total. The number of benzene rings is 1. The lowest BCUT2D eigenvalue weighted by Gasteiger charge is -2.06. The van der Waals surface area contributed by atoms with Crippen LogP contribution in [0.15, 0.2) is 42.6 Å². The first-order valence-corrected chi connectivity index (χ1v) is 5.37. The van der Waals surface area contributed by atoms with E-state index in [1.54, 1.807) is 18.2 Å². The maximum Gasteiger partial charge on any atom is 0.214 e. The second kappa shape index (κ2) is 5.30. The first-order valence-electron chi connectivity index (χ1n) is 5.37. The molecule has 2 rings (SSSR count). The summed E-state index contributed by atoms with van der Waals surface area (Å²) in [6.07, 6.45) is 2.24. The molecule has 0 saturated heterocycles. The molecule has 0 amide bonds. The molecule has 1 heterocycles. The van der Waals surface area contributed by atoms with Crippen LogP contribution in [0.2, 0.25) is 0 Å². The third-order valence-corrected chi connectivity index (χ3v) is 2.41. The van der Waals surface area contributed by atoms with Crippen molar-refractivity contribution in [1.82, 2.24) is 4.98 Å². The zero-order valence-electron chi connectivity index (χ0n) is 9.23. The summed E-state index contributed by atoms with van der Waals surface area (Å²) in [5, 5.41) is 12.2. The Morgan fingerprint density at radius 3 is 2.65 bits per heavy atom. The van der Waals surface area contributed by atoms with Gasteiger partial charge in [0.05, 0.1) is 0 Å². The van der Waals surface area contributed by atoms with E-state index in [9.17, 15) is 4.39 Å². The second-order valence-electron chi connectivity index (χ2n) is 3.71. The molecular weight excluding hydrogens is 219 g/mol. The number of hydrogen-bond acceptors (Lipinski definition) is 3. The zero-order chi connectivity index (χ0) is 12.1. The van der Waals surface area contributed by atoms with Crippen LogP contribution >= 0.6 is 0 Å². The van der Waals surface area contributed by atoms with Gasteiger partial charge in [0, 0.05) is 24.5 Å². The number of phenols is 1. The molecule has 0 spiro atoms. The van der Waals surface area contributed by atoms with Gasteiger partial charge in [-0.3, -0.25) is 0 Å². The van der Waals surface area contributed by atoms with Crippen LogP contribution in [0.3, 0.4) is 0 Å². The molecule has 0 bridgehead atoms. The maximum absolute atomic E-state index is 12.8. The number of anilines is 1. The van der Waals surface area contributed by atoms with E-state index in [4.69, 9.17) is 5.11 Å². The van der Waals surface area contributed by atoms with Crippen LogP contribution in [-0.2, 0) is 6.42 Å². The summed E-state index contributed by atoms with van der Waals surface area (Å²) >= 11 is 0. The number of pyridine rings is 1. The predicted octanol–water partition coefficient (Wildman–Crippen LogP) is 2.58. The zero-order valence-corrected chi connectivity index (χ0v) is 9.23. The molecule has 2 aromatic rings. The quantitative estimate of drug-likeness (QED) is 0.796. The van der Waals surface area contributed by atoms with Crippen molar-refractivity contribution in [3.05, 3.63) is 54.1 Å². The summed E-state index contributed by atoms with van der Waals surface area (Å²) in [6.45, 7) is 0.703. The minimum atomic E-state index is -0.486. The van der Waals surface area contributed by atoms with E-state index in [-0.39, 0.29) is 5.75 Å². The highest BCUT2D eigenvalue weighted by Gasteiger charge is 1.96. The number of hydrogen-bond donors (Lipinski definition) is 2. The lowest BCUT2D eigenvalue weighted by atomic mass is 10.1. The average molecular weight is 232 g/mol. The summed E-state index contributed by atoms with van der Waals surface area (Å²) in [7, 11) is 0. The third kappa shape index (κ3) is 3.45. The van der Waals surface area contributed by atoms with Gasteiger partial charge < -0.3 is 10.4 Å². The molecule has 1 aromatic heterocycles. The Kier molecular flexibility index (Phi) is 3.55. The molecule has 0 fully saturated rings. The molecule has 0 saturated carbocycles. The molecular formula is C13H13FN2O. The Morgan fingerprint density at radius 2 is 1.94 bits per heavy atom. The predicted molar refractivity (Wildman–Crippen MR) is 64.5 cm³/mol. The van der Waals surface area contributed by atoms with E-state index in [0.717, 1.165) is 17.7 Å². The minimum Gasteiger partial charge on any atom is -0.508 e. The van der Waals surface area contributed by atoms with E-state index in [2.05, 4.69) is 10.3 Å². The van der Waals surface area contributed by atoms with E-state index >= 15 is 0 Å². The standard InChI is InChI=1S/C13H13FN2O/c14-13-9-11(6-8-16-13)15-7-5-10-1-3-12(17)4-2-10/h1-4,6,8-9,17H,5,7H2,(H,15,16). The van der Waals surface area contributed by atoms with Crippen LogP contribution in [0, 0.1) is 5.95 Å². The average Bonchev–Trinajstić information content (AvgIpc) is 2.32. The Bertz CT molecular complexity index is 485.